The smallest absolute Gasteiger partial charge is 0.307 e. The van der Waals surface area contributed by atoms with E-state index in [2.05, 4.69) is 11.9 Å². The highest BCUT2D eigenvalue weighted by Gasteiger charge is 1.99. The highest BCUT2D eigenvalue weighted by molar-refractivity contribution is 5.69. The van der Waals surface area contributed by atoms with E-state index in [-0.39, 0.29) is 5.97 Å². The predicted molar refractivity (Wildman–Crippen MR) is 44.3 cm³/mol. The fraction of sp³-hybridized carbons (Fsp3) is 0.625. The largest absolute Gasteiger partial charge is 0.461 e. The second-order valence-corrected chi connectivity index (χ2v) is 2.47. The van der Waals surface area contributed by atoms with E-state index in [0.29, 0.717) is 19.6 Å². The lowest BCUT2D eigenvalue weighted by atomic mass is 10.4. The molecule has 3 heteroatoms. The molecule has 0 rings (SSSR count). The zero-order valence-corrected chi connectivity index (χ0v) is 7.14. The second kappa shape index (κ2) is 5.92. The SMILES string of the molecule is C=C(C)COC(=O)CCNC. The first-order chi connectivity index (χ1) is 5.16. The van der Waals surface area contributed by atoms with Crippen molar-refractivity contribution in [3.8, 4) is 0 Å². The van der Waals surface area contributed by atoms with E-state index in [1.54, 1.807) is 7.05 Å². The number of hydrogen-bond acceptors (Lipinski definition) is 3. The molecule has 0 aromatic rings. The number of esters is 1. The van der Waals surface area contributed by atoms with Gasteiger partial charge in [-0.1, -0.05) is 6.58 Å². The average Bonchev–Trinajstić information content (AvgIpc) is 1.97. The van der Waals surface area contributed by atoms with Gasteiger partial charge in [-0.3, -0.25) is 4.79 Å². The first-order valence-electron chi connectivity index (χ1n) is 3.61. The van der Waals surface area contributed by atoms with Crippen LogP contribution in [-0.2, 0) is 9.53 Å². The minimum absolute atomic E-state index is 0.178. The molecule has 0 bridgehead atoms. The van der Waals surface area contributed by atoms with Gasteiger partial charge >= 0.3 is 5.97 Å². The fourth-order valence-corrected chi connectivity index (χ4v) is 0.503. The van der Waals surface area contributed by atoms with Gasteiger partial charge in [0, 0.05) is 6.54 Å². The van der Waals surface area contributed by atoms with Crippen molar-refractivity contribution in [2.24, 2.45) is 0 Å². The Morgan fingerprint density at radius 3 is 2.73 bits per heavy atom. The summed E-state index contributed by atoms with van der Waals surface area (Å²) in [5.41, 5.74) is 0.864. The van der Waals surface area contributed by atoms with Gasteiger partial charge in [0.2, 0.25) is 0 Å². The minimum Gasteiger partial charge on any atom is -0.461 e. The predicted octanol–water partition coefficient (Wildman–Crippen LogP) is 0.715. The van der Waals surface area contributed by atoms with Crippen molar-refractivity contribution >= 4 is 5.97 Å². The Morgan fingerprint density at radius 2 is 2.27 bits per heavy atom. The van der Waals surface area contributed by atoms with Crippen molar-refractivity contribution < 1.29 is 9.53 Å². The molecule has 11 heavy (non-hydrogen) atoms. The Kier molecular flexibility index (Phi) is 5.47. The molecule has 0 aliphatic rings. The van der Waals surface area contributed by atoms with Gasteiger partial charge in [-0.05, 0) is 19.5 Å². The van der Waals surface area contributed by atoms with Crippen LogP contribution in [0.2, 0.25) is 0 Å². The Morgan fingerprint density at radius 1 is 1.64 bits per heavy atom. The lowest BCUT2D eigenvalue weighted by Gasteiger charge is -2.02. The Bertz CT molecular complexity index is 143. The third-order valence-electron chi connectivity index (χ3n) is 1.06. The van der Waals surface area contributed by atoms with Gasteiger partial charge in [-0.2, -0.15) is 0 Å². The van der Waals surface area contributed by atoms with Crippen molar-refractivity contribution in [1.29, 1.82) is 0 Å². The lowest BCUT2D eigenvalue weighted by molar-refractivity contribution is -0.142. The highest BCUT2D eigenvalue weighted by Crippen LogP contribution is 1.91. The topological polar surface area (TPSA) is 38.3 Å². The molecule has 0 aliphatic heterocycles. The van der Waals surface area contributed by atoms with E-state index < -0.39 is 0 Å². The summed E-state index contributed by atoms with van der Waals surface area (Å²) >= 11 is 0. The van der Waals surface area contributed by atoms with E-state index in [4.69, 9.17) is 4.74 Å². The maximum absolute atomic E-state index is 10.8. The van der Waals surface area contributed by atoms with Crippen LogP contribution in [0, 0.1) is 0 Å². The molecule has 0 aromatic carbocycles. The first kappa shape index (κ1) is 10.2. The maximum Gasteiger partial charge on any atom is 0.307 e. The summed E-state index contributed by atoms with van der Waals surface area (Å²) < 4.78 is 4.83. The Hall–Kier alpha value is -0.830. The van der Waals surface area contributed by atoms with Gasteiger partial charge < -0.3 is 10.1 Å². The molecule has 0 aliphatic carbocycles. The molecule has 0 unspecified atom stereocenters. The average molecular weight is 157 g/mol. The molecule has 0 saturated carbocycles. The van der Waals surface area contributed by atoms with Crippen LogP contribution >= 0.6 is 0 Å². The summed E-state index contributed by atoms with van der Waals surface area (Å²) in [7, 11) is 1.80. The van der Waals surface area contributed by atoms with Crippen LogP contribution in [0.1, 0.15) is 13.3 Å². The molecule has 0 heterocycles. The standard InChI is InChI=1S/C8H15NO2/c1-7(2)6-11-8(10)4-5-9-3/h9H,1,4-6H2,2-3H3. The third kappa shape index (κ3) is 7.06. The molecule has 0 atom stereocenters. The summed E-state index contributed by atoms with van der Waals surface area (Å²) in [5.74, 6) is -0.178. The zero-order chi connectivity index (χ0) is 8.69. The van der Waals surface area contributed by atoms with Gasteiger partial charge in [0.1, 0.15) is 6.61 Å². The maximum atomic E-state index is 10.8. The number of rotatable bonds is 5. The van der Waals surface area contributed by atoms with Crippen molar-refractivity contribution in [2.75, 3.05) is 20.2 Å². The van der Waals surface area contributed by atoms with E-state index in [9.17, 15) is 4.79 Å². The third-order valence-corrected chi connectivity index (χ3v) is 1.06. The van der Waals surface area contributed by atoms with Gasteiger partial charge in [0.05, 0.1) is 6.42 Å². The summed E-state index contributed by atoms with van der Waals surface area (Å²) in [4.78, 5) is 10.8. The van der Waals surface area contributed by atoms with E-state index in [0.717, 1.165) is 5.57 Å². The van der Waals surface area contributed by atoms with E-state index >= 15 is 0 Å². The molecular weight excluding hydrogens is 142 g/mol. The van der Waals surface area contributed by atoms with E-state index in [1.165, 1.54) is 0 Å². The Balaban J connectivity index is 3.30. The minimum atomic E-state index is -0.178. The van der Waals surface area contributed by atoms with Crippen LogP contribution in [0.4, 0.5) is 0 Å². The molecule has 0 fully saturated rings. The molecule has 1 N–H and O–H groups in total. The van der Waals surface area contributed by atoms with Gasteiger partial charge in [-0.25, -0.2) is 0 Å². The monoisotopic (exact) mass is 157 g/mol. The first-order valence-corrected chi connectivity index (χ1v) is 3.61. The van der Waals surface area contributed by atoms with Crippen LogP contribution in [0.5, 0.6) is 0 Å². The zero-order valence-electron chi connectivity index (χ0n) is 7.14. The van der Waals surface area contributed by atoms with Gasteiger partial charge in [0.25, 0.3) is 0 Å². The van der Waals surface area contributed by atoms with Crippen LogP contribution in [0.3, 0.4) is 0 Å². The molecule has 0 spiro atoms. The molecule has 0 aromatic heterocycles. The van der Waals surface area contributed by atoms with Crippen LogP contribution in [-0.4, -0.2) is 26.2 Å². The normalized spacial score (nSPS) is 9.27. The number of ether oxygens (including phenoxy) is 1. The highest BCUT2D eigenvalue weighted by atomic mass is 16.5. The second-order valence-electron chi connectivity index (χ2n) is 2.47. The number of carbonyl (C=O) groups excluding carboxylic acids is 1. The summed E-state index contributed by atoms with van der Waals surface area (Å²) in [6.45, 7) is 6.44. The molecule has 64 valence electrons. The van der Waals surface area contributed by atoms with Crippen LogP contribution < -0.4 is 5.32 Å². The summed E-state index contributed by atoms with van der Waals surface area (Å²) in [6, 6.07) is 0. The van der Waals surface area contributed by atoms with Crippen molar-refractivity contribution in [3.63, 3.8) is 0 Å². The van der Waals surface area contributed by atoms with Gasteiger partial charge in [-0.15, -0.1) is 0 Å². The molecule has 0 amide bonds. The van der Waals surface area contributed by atoms with Gasteiger partial charge in [0.15, 0.2) is 0 Å². The summed E-state index contributed by atoms with van der Waals surface area (Å²) in [5, 5.41) is 2.86. The number of hydrogen-bond donors (Lipinski definition) is 1. The molecule has 3 nitrogen and oxygen atoms in total. The van der Waals surface area contributed by atoms with Crippen molar-refractivity contribution in [2.45, 2.75) is 13.3 Å². The Labute approximate surface area is 67.4 Å². The number of nitrogens with one attached hydrogen (secondary N) is 1. The van der Waals surface area contributed by atoms with E-state index in [1.807, 2.05) is 6.92 Å². The molecular formula is C8H15NO2. The fourth-order valence-electron chi connectivity index (χ4n) is 0.503. The van der Waals surface area contributed by atoms with Crippen molar-refractivity contribution in [1.82, 2.24) is 5.32 Å². The number of carbonyl (C=O) groups is 1. The molecule has 0 radical (unpaired) electrons. The van der Waals surface area contributed by atoms with Crippen LogP contribution in [0.15, 0.2) is 12.2 Å². The molecule has 0 saturated heterocycles. The van der Waals surface area contributed by atoms with Crippen molar-refractivity contribution in [3.05, 3.63) is 12.2 Å². The van der Waals surface area contributed by atoms with Crippen LogP contribution in [0.25, 0.3) is 0 Å². The summed E-state index contributed by atoms with van der Waals surface area (Å²) in [6.07, 6.45) is 0.420. The lowest BCUT2D eigenvalue weighted by Crippen LogP contribution is -2.15. The quantitative estimate of drug-likeness (QED) is 0.472.